The summed E-state index contributed by atoms with van der Waals surface area (Å²) in [7, 11) is -3.70. The van der Waals surface area contributed by atoms with Gasteiger partial charge in [-0.1, -0.05) is 0 Å². The molecule has 1 aromatic heterocycles. The number of halogens is 1. The van der Waals surface area contributed by atoms with Crippen molar-refractivity contribution in [3.05, 3.63) is 41.3 Å². The Morgan fingerprint density at radius 2 is 2.10 bits per heavy atom. The molecule has 9 heteroatoms. The van der Waals surface area contributed by atoms with Crippen molar-refractivity contribution in [2.24, 2.45) is 0 Å². The molecule has 108 valence electrons. The number of carboxylic acid groups (broad SMARTS) is 1. The predicted molar refractivity (Wildman–Crippen MR) is 68.3 cm³/mol. The second-order valence-corrected chi connectivity index (χ2v) is 6.10. The van der Waals surface area contributed by atoms with Gasteiger partial charge >= 0.3 is 5.97 Å². The molecule has 0 bridgehead atoms. The van der Waals surface area contributed by atoms with Gasteiger partial charge in [-0.15, -0.1) is 0 Å². The zero-order chi connectivity index (χ0) is 15.8. The molecule has 2 rings (SSSR count). The molecule has 1 N–H and O–H groups in total. The number of benzene rings is 1. The highest BCUT2D eigenvalue weighted by Gasteiger charge is 2.21. The fraction of sp³-hybridized carbons (Fsp3) is 0.0833. The van der Waals surface area contributed by atoms with E-state index in [9.17, 15) is 17.6 Å². The molecule has 0 aliphatic rings. The predicted octanol–water partition coefficient (Wildman–Crippen LogP) is 0.985. The standard InChI is InChI=1S/C12H8FN3O4S/c1-21(19,20)11-5-10(12(17)18)16(15-11)8-2-3-9(13)7(4-8)6-14/h2-5H,1H3,(H,17,18). The Morgan fingerprint density at radius 3 is 2.62 bits per heavy atom. The maximum atomic E-state index is 13.3. The minimum Gasteiger partial charge on any atom is -0.477 e. The minimum atomic E-state index is -3.70. The van der Waals surface area contributed by atoms with Crippen LogP contribution >= 0.6 is 0 Å². The van der Waals surface area contributed by atoms with Crippen LogP contribution in [0.4, 0.5) is 4.39 Å². The van der Waals surface area contributed by atoms with Crippen LogP contribution in [-0.2, 0) is 9.84 Å². The molecule has 1 aromatic carbocycles. The molecule has 0 aliphatic carbocycles. The molecule has 7 nitrogen and oxygen atoms in total. The SMILES string of the molecule is CS(=O)(=O)c1cc(C(=O)O)n(-c2ccc(F)c(C#N)c2)n1. The highest BCUT2D eigenvalue weighted by atomic mass is 32.2. The number of rotatable bonds is 3. The quantitative estimate of drug-likeness (QED) is 0.904. The number of hydrogen-bond acceptors (Lipinski definition) is 5. The van der Waals surface area contributed by atoms with Crippen molar-refractivity contribution in [1.82, 2.24) is 9.78 Å². The molecule has 21 heavy (non-hydrogen) atoms. The van der Waals surface area contributed by atoms with E-state index in [2.05, 4.69) is 5.10 Å². The lowest BCUT2D eigenvalue weighted by molar-refractivity contribution is 0.0687. The van der Waals surface area contributed by atoms with Gasteiger partial charge in [0.05, 0.1) is 11.3 Å². The van der Waals surface area contributed by atoms with Crippen molar-refractivity contribution >= 4 is 15.8 Å². The molecule has 0 saturated heterocycles. The van der Waals surface area contributed by atoms with E-state index in [1.165, 1.54) is 6.07 Å². The molecule has 0 radical (unpaired) electrons. The van der Waals surface area contributed by atoms with Gasteiger partial charge in [-0.25, -0.2) is 22.3 Å². The summed E-state index contributed by atoms with van der Waals surface area (Å²) in [6.45, 7) is 0. The van der Waals surface area contributed by atoms with Crippen molar-refractivity contribution in [3.63, 3.8) is 0 Å². The van der Waals surface area contributed by atoms with Crippen LogP contribution in [-0.4, -0.2) is 35.5 Å². The highest BCUT2D eigenvalue weighted by molar-refractivity contribution is 7.90. The first-order chi connectivity index (χ1) is 9.74. The molecule has 1 heterocycles. The number of hydrogen-bond donors (Lipinski definition) is 1. The summed E-state index contributed by atoms with van der Waals surface area (Å²) in [6.07, 6.45) is 0.886. The van der Waals surface area contributed by atoms with Gasteiger partial charge < -0.3 is 5.11 Å². The summed E-state index contributed by atoms with van der Waals surface area (Å²) in [4.78, 5) is 11.2. The molecular formula is C12H8FN3O4S. The second-order valence-electron chi connectivity index (χ2n) is 4.13. The van der Waals surface area contributed by atoms with Crippen molar-refractivity contribution in [2.45, 2.75) is 5.03 Å². The summed E-state index contributed by atoms with van der Waals surface area (Å²) in [5.74, 6) is -2.17. The molecule has 0 amide bonds. The van der Waals surface area contributed by atoms with Crippen LogP contribution < -0.4 is 0 Å². The lowest BCUT2D eigenvalue weighted by Crippen LogP contribution is -2.08. The van der Waals surface area contributed by atoms with Crippen LogP contribution in [0, 0.1) is 17.1 Å². The Balaban J connectivity index is 2.72. The lowest BCUT2D eigenvalue weighted by Gasteiger charge is -2.05. The van der Waals surface area contributed by atoms with Gasteiger partial charge in [0, 0.05) is 12.3 Å². The number of aromatic carboxylic acids is 1. The Hall–Kier alpha value is -2.73. The molecule has 0 unspecified atom stereocenters. The summed E-state index contributed by atoms with van der Waals surface area (Å²) in [5.41, 5.74) is -0.647. The third-order valence-corrected chi connectivity index (χ3v) is 3.56. The topological polar surface area (TPSA) is 113 Å². The van der Waals surface area contributed by atoms with Gasteiger partial charge in [0.1, 0.15) is 11.9 Å². The van der Waals surface area contributed by atoms with Crippen molar-refractivity contribution in [3.8, 4) is 11.8 Å². The normalized spacial score (nSPS) is 11.1. The molecule has 2 aromatic rings. The van der Waals surface area contributed by atoms with Crippen LogP contribution in [0.1, 0.15) is 16.1 Å². The number of aromatic nitrogens is 2. The maximum Gasteiger partial charge on any atom is 0.354 e. The van der Waals surface area contributed by atoms with Crippen LogP contribution in [0.25, 0.3) is 5.69 Å². The molecule has 0 aliphatic heterocycles. The molecule has 0 spiro atoms. The zero-order valence-corrected chi connectivity index (χ0v) is 11.4. The van der Waals surface area contributed by atoms with E-state index in [1.54, 1.807) is 6.07 Å². The lowest BCUT2D eigenvalue weighted by atomic mass is 10.2. The maximum absolute atomic E-state index is 13.3. The van der Waals surface area contributed by atoms with Gasteiger partial charge in [0.25, 0.3) is 0 Å². The van der Waals surface area contributed by atoms with Crippen LogP contribution in [0.15, 0.2) is 29.3 Å². The van der Waals surface area contributed by atoms with E-state index >= 15 is 0 Å². The van der Waals surface area contributed by atoms with Gasteiger partial charge in [-0.05, 0) is 18.2 Å². The largest absolute Gasteiger partial charge is 0.477 e. The third kappa shape index (κ3) is 2.75. The van der Waals surface area contributed by atoms with E-state index in [0.29, 0.717) is 0 Å². The average molecular weight is 309 g/mol. The van der Waals surface area contributed by atoms with Crippen LogP contribution in [0.5, 0.6) is 0 Å². The summed E-state index contributed by atoms with van der Waals surface area (Å²) < 4.78 is 37.0. The fourth-order valence-electron chi connectivity index (χ4n) is 1.62. The first kappa shape index (κ1) is 14.7. The van der Waals surface area contributed by atoms with Gasteiger partial charge in [-0.2, -0.15) is 10.4 Å². The Kier molecular flexibility index (Phi) is 3.49. The van der Waals surface area contributed by atoms with Crippen LogP contribution in [0.3, 0.4) is 0 Å². The van der Waals surface area contributed by atoms with E-state index in [4.69, 9.17) is 10.4 Å². The summed E-state index contributed by atoms with van der Waals surface area (Å²) >= 11 is 0. The van der Waals surface area contributed by atoms with Crippen molar-refractivity contribution < 1.29 is 22.7 Å². The Bertz CT molecular complexity index is 880. The van der Waals surface area contributed by atoms with Crippen molar-refractivity contribution in [2.75, 3.05) is 6.26 Å². The van der Waals surface area contributed by atoms with E-state index in [0.717, 1.165) is 29.1 Å². The van der Waals surface area contributed by atoms with Gasteiger partial charge in [0.15, 0.2) is 20.6 Å². The van der Waals surface area contributed by atoms with E-state index in [-0.39, 0.29) is 11.3 Å². The number of carboxylic acids is 1. The Labute approximate surface area is 118 Å². The monoisotopic (exact) mass is 309 g/mol. The first-order valence-electron chi connectivity index (χ1n) is 5.47. The molecule has 0 atom stereocenters. The number of sulfone groups is 1. The van der Waals surface area contributed by atoms with Gasteiger partial charge in [-0.3, -0.25) is 0 Å². The number of nitrogens with zero attached hydrogens (tertiary/aromatic N) is 3. The molecule has 0 saturated carbocycles. The first-order valence-corrected chi connectivity index (χ1v) is 7.36. The van der Waals surface area contributed by atoms with E-state index in [1.807, 2.05) is 0 Å². The Morgan fingerprint density at radius 1 is 1.43 bits per heavy atom. The minimum absolute atomic E-state index is 0.0697. The molecule has 0 fully saturated rings. The van der Waals surface area contributed by atoms with E-state index < -0.39 is 32.3 Å². The number of carbonyl (C=O) groups is 1. The third-order valence-electron chi connectivity index (χ3n) is 2.60. The highest BCUT2D eigenvalue weighted by Crippen LogP contribution is 2.18. The van der Waals surface area contributed by atoms with Crippen molar-refractivity contribution in [1.29, 1.82) is 5.26 Å². The van der Waals surface area contributed by atoms with Crippen LogP contribution in [0.2, 0.25) is 0 Å². The summed E-state index contributed by atoms with van der Waals surface area (Å²) in [5, 5.41) is 21.1. The smallest absolute Gasteiger partial charge is 0.354 e. The second kappa shape index (κ2) is 4.99. The fourth-order valence-corrected chi connectivity index (χ4v) is 2.18. The van der Waals surface area contributed by atoms with Gasteiger partial charge in [0.2, 0.25) is 0 Å². The summed E-state index contributed by atoms with van der Waals surface area (Å²) in [6, 6.07) is 5.76. The average Bonchev–Trinajstić information content (AvgIpc) is 2.84. The molecular weight excluding hydrogens is 301 g/mol. The number of nitriles is 1. The zero-order valence-electron chi connectivity index (χ0n) is 10.6.